The standard InChI is InChI=1S/C17H23N3O4S2/c21-15(20-24)5-3-1-2-4-10-18-16(22)13-6-8-14(9-7-13)17(23)26-19-11-12-25-26/h6-9,11-12,17,19,23H,1-5,10H2,(H2-,18,20,21,22,24)/p+1. The molecule has 1 aliphatic heterocycles. The van der Waals surface area contributed by atoms with Gasteiger partial charge in [0.2, 0.25) is 16.0 Å². The van der Waals surface area contributed by atoms with Gasteiger partial charge in [-0.05, 0) is 25.0 Å². The van der Waals surface area contributed by atoms with Gasteiger partial charge >= 0.3 is 0 Å². The van der Waals surface area contributed by atoms with Crippen molar-refractivity contribution in [1.82, 2.24) is 15.5 Å². The van der Waals surface area contributed by atoms with E-state index in [1.807, 2.05) is 11.6 Å². The summed E-state index contributed by atoms with van der Waals surface area (Å²) in [6, 6.07) is 7.00. The number of rotatable bonds is 10. The smallest absolute Gasteiger partial charge is 0.279 e. The first-order valence-electron chi connectivity index (χ1n) is 8.42. The van der Waals surface area contributed by atoms with Gasteiger partial charge < -0.3 is 10.4 Å². The number of aliphatic hydroxyl groups is 1. The van der Waals surface area contributed by atoms with Crippen molar-refractivity contribution in [2.45, 2.75) is 37.5 Å². The minimum absolute atomic E-state index is 0.136. The fourth-order valence-corrected chi connectivity index (χ4v) is 5.11. The van der Waals surface area contributed by atoms with E-state index in [-0.39, 0.29) is 21.9 Å². The van der Waals surface area contributed by atoms with E-state index in [1.54, 1.807) is 40.5 Å². The lowest BCUT2D eigenvalue weighted by molar-refractivity contribution is -0.129. The molecule has 0 fully saturated rings. The van der Waals surface area contributed by atoms with Crippen LogP contribution in [-0.2, 0) is 14.9 Å². The van der Waals surface area contributed by atoms with E-state index in [0.717, 1.165) is 24.8 Å². The maximum Gasteiger partial charge on any atom is 0.279 e. The van der Waals surface area contributed by atoms with Crippen LogP contribution in [0.15, 0.2) is 35.9 Å². The number of hydrogen-bond acceptors (Lipinski definition) is 6. The van der Waals surface area contributed by atoms with Gasteiger partial charge in [0.1, 0.15) is 0 Å². The van der Waals surface area contributed by atoms with E-state index >= 15 is 0 Å². The second-order valence-corrected chi connectivity index (χ2v) is 9.14. The Labute approximate surface area is 159 Å². The van der Waals surface area contributed by atoms with Crippen LogP contribution in [-0.4, -0.2) is 28.7 Å². The zero-order valence-corrected chi connectivity index (χ0v) is 15.9. The molecule has 26 heavy (non-hydrogen) atoms. The summed E-state index contributed by atoms with van der Waals surface area (Å²) in [6.07, 6.45) is 5.47. The minimum atomic E-state index is -0.611. The normalized spacial score (nSPS) is 16.8. The van der Waals surface area contributed by atoms with E-state index in [0.29, 0.717) is 24.9 Å². The third kappa shape index (κ3) is 6.56. The Hall–Kier alpha value is -1.68. The summed E-state index contributed by atoms with van der Waals surface area (Å²) < 4.78 is 3.10. The van der Waals surface area contributed by atoms with Crippen LogP contribution in [0.3, 0.4) is 0 Å². The third-order valence-electron chi connectivity index (χ3n) is 3.81. The first-order chi connectivity index (χ1) is 12.6. The average molecular weight is 399 g/mol. The van der Waals surface area contributed by atoms with Gasteiger partial charge in [0, 0.05) is 29.5 Å². The van der Waals surface area contributed by atoms with Crippen molar-refractivity contribution in [3.63, 3.8) is 0 Å². The van der Waals surface area contributed by atoms with Crippen molar-refractivity contribution >= 4 is 32.7 Å². The number of nitrogens with one attached hydrogen (secondary N) is 3. The van der Waals surface area contributed by atoms with Crippen LogP contribution in [0.25, 0.3) is 0 Å². The van der Waals surface area contributed by atoms with Crippen LogP contribution in [0.1, 0.15) is 53.5 Å². The van der Waals surface area contributed by atoms with Gasteiger partial charge in [-0.1, -0.05) is 25.0 Å². The molecule has 2 amide bonds. The summed E-state index contributed by atoms with van der Waals surface area (Å²) in [5.74, 6) is -0.505. The molecule has 0 radical (unpaired) electrons. The quantitative estimate of drug-likeness (QED) is 0.136. The molecule has 0 saturated heterocycles. The fraction of sp³-hybridized carbons (Fsp3) is 0.412. The Balaban J connectivity index is 1.65. The monoisotopic (exact) mass is 398 g/mol. The minimum Gasteiger partial charge on any atom is -0.352 e. The maximum absolute atomic E-state index is 12.1. The molecule has 0 aromatic heterocycles. The van der Waals surface area contributed by atoms with Crippen LogP contribution < -0.4 is 15.5 Å². The molecule has 0 spiro atoms. The van der Waals surface area contributed by atoms with Crippen molar-refractivity contribution in [2.24, 2.45) is 0 Å². The Morgan fingerprint density at radius 3 is 2.54 bits per heavy atom. The molecular formula is C17H24N3O4S2+. The highest BCUT2D eigenvalue weighted by atomic mass is 33.1. The Bertz CT molecular complexity index is 617. The molecule has 2 atom stereocenters. The predicted molar refractivity (Wildman–Crippen MR) is 104 cm³/mol. The summed E-state index contributed by atoms with van der Waals surface area (Å²) >= 11 is 0. The summed E-state index contributed by atoms with van der Waals surface area (Å²) in [6.45, 7) is 0.574. The van der Waals surface area contributed by atoms with Gasteiger partial charge in [-0.25, -0.2) is 5.48 Å². The molecule has 2 unspecified atom stereocenters. The van der Waals surface area contributed by atoms with Crippen LogP contribution >= 0.6 is 10.8 Å². The molecular weight excluding hydrogens is 374 g/mol. The predicted octanol–water partition coefficient (Wildman–Crippen LogP) is 2.12. The van der Waals surface area contributed by atoms with Crippen LogP contribution in [0, 0.1) is 0 Å². The lowest BCUT2D eigenvalue weighted by Gasteiger charge is -2.09. The zero-order chi connectivity index (χ0) is 18.8. The Morgan fingerprint density at radius 2 is 1.88 bits per heavy atom. The lowest BCUT2D eigenvalue weighted by Crippen LogP contribution is -2.24. The van der Waals surface area contributed by atoms with Crippen molar-refractivity contribution < 1.29 is 19.9 Å². The second-order valence-electron chi connectivity index (χ2n) is 5.74. The van der Waals surface area contributed by atoms with E-state index < -0.39 is 5.44 Å². The molecule has 142 valence electrons. The van der Waals surface area contributed by atoms with Crippen LogP contribution in [0.4, 0.5) is 0 Å². The average Bonchev–Trinajstić information content (AvgIpc) is 3.21. The van der Waals surface area contributed by atoms with Crippen molar-refractivity contribution in [2.75, 3.05) is 6.54 Å². The maximum atomic E-state index is 12.1. The summed E-state index contributed by atoms with van der Waals surface area (Å²) in [5, 5.41) is 23.5. The fourth-order valence-electron chi connectivity index (χ4n) is 2.37. The largest absolute Gasteiger partial charge is 0.352 e. The van der Waals surface area contributed by atoms with Gasteiger partial charge in [-0.15, -0.1) is 0 Å². The molecule has 0 bridgehead atoms. The number of amides is 2. The van der Waals surface area contributed by atoms with Gasteiger partial charge in [0.15, 0.2) is 10.8 Å². The van der Waals surface area contributed by atoms with Gasteiger partial charge in [-0.3, -0.25) is 14.8 Å². The van der Waals surface area contributed by atoms with Crippen molar-refractivity contribution in [3.05, 3.63) is 47.0 Å². The number of hydrogen-bond donors (Lipinski definition) is 5. The first kappa shape index (κ1) is 20.6. The van der Waals surface area contributed by atoms with E-state index in [1.165, 1.54) is 0 Å². The summed E-state index contributed by atoms with van der Waals surface area (Å²) in [7, 11) is 1.17. The second kappa shape index (κ2) is 11.1. The number of carbonyl (C=O) groups is 2. The number of carbonyl (C=O) groups excluding carboxylic acids is 2. The molecule has 7 nitrogen and oxygen atoms in total. The Morgan fingerprint density at radius 1 is 1.15 bits per heavy atom. The van der Waals surface area contributed by atoms with E-state index in [4.69, 9.17) is 5.21 Å². The van der Waals surface area contributed by atoms with E-state index in [2.05, 4.69) is 10.0 Å². The highest BCUT2D eigenvalue weighted by Crippen LogP contribution is 2.32. The van der Waals surface area contributed by atoms with Crippen LogP contribution in [0.2, 0.25) is 0 Å². The van der Waals surface area contributed by atoms with Gasteiger partial charge in [0.25, 0.3) is 11.3 Å². The highest BCUT2D eigenvalue weighted by molar-refractivity contribution is 8.75. The van der Waals surface area contributed by atoms with Gasteiger partial charge in [-0.2, -0.15) is 4.72 Å². The molecule has 1 aromatic rings. The summed E-state index contributed by atoms with van der Waals surface area (Å²) in [5.41, 5.74) is 2.34. The first-order valence-corrected chi connectivity index (χ1v) is 11.1. The lowest BCUT2D eigenvalue weighted by atomic mass is 10.1. The van der Waals surface area contributed by atoms with Crippen molar-refractivity contribution in [3.8, 4) is 0 Å². The zero-order valence-electron chi connectivity index (χ0n) is 14.3. The highest BCUT2D eigenvalue weighted by Gasteiger charge is 2.34. The van der Waals surface area contributed by atoms with Gasteiger partial charge in [0.05, 0.1) is 6.20 Å². The SMILES string of the molecule is O=C(CCCCCCNC(=O)c1ccc(C(O)[S+]2NC=CS2)cc1)NO. The molecule has 5 N–H and O–H groups in total. The molecule has 1 heterocycles. The van der Waals surface area contributed by atoms with E-state index in [9.17, 15) is 14.7 Å². The molecule has 2 rings (SSSR count). The molecule has 9 heteroatoms. The molecule has 1 aliphatic rings. The Kier molecular flexibility index (Phi) is 8.82. The molecule has 0 saturated carbocycles. The van der Waals surface area contributed by atoms with Crippen LogP contribution in [0.5, 0.6) is 0 Å². The molecule has 0 aliphatic carbocycles. The summed E-state index contributed by atoms with van der Waals surface area (Å²) in [4.78, 5) is 23.0. The number of unbranched alkanes of at least 4 members (excludes halogenated alkanes) is 3. The number of hydroxylamine groups is 1. The third-order valence-corrected chi connectivity index (χ3v) is 7.10. The molecule has 1 aromatic carbocycles. The van der Waals surface area contributed by atoms with Crippen molar-refractivity contribution in [1.29, 1.82) is 0 Å². The number of benzene rings is 1. The number of aliphatic hydroxyl groups excluding tert-OH is 1. The topological polar surface area (TPSA) is 111 Å².